The van der Waals surface area contributed by atoms with Gasteiger partial charge in [0, 0.05) is 26.2 Å². The number of carbonyl (C=O) groups is 1. The number of benzene rings is 1. The number of ether oxygens (including phenoxy) is 1. The molecule has 1 amide bonds. The van der Waals surface area contributed by atoms with Crippen molar-refractivity contribution in [3.05, 3.63) is 52.8 Å². The maximum absolute atomic E-state index is 12.6. The van der Waals surface area contributed by atoms with Crippen LogP contribution in [0.3, 0.4) is 0 Å². The highest BCUT2D eigenvalue weighted by Gasteiger charge is 2.28. The summed E-state index contributed by atoms with van der Waals surface area (Å²) in [7, 11) is 0. The minimum atomic E-state index is -0.101. The summed E-state index contributed by atoms with van der Waals surface area (Å²) in [5.74, 6) is -0.0126. The van der Waals surface area contributed by atoms with Gasteiger partial charge in [0.05, 0.1) is 30.0 Å². The average molecular weight is 383 g/mol. The molecule has 2 heterocycles. The van der Waals surface area contributed by atoms with Crippen LogP contribution in [0.5, 0.6) is 0 Å². The van der Waals surface area contributed by atoms with E-state index in [2.05, 4.69) is 58.5 Å². The van der Waals surface area contributed by atoms with E-state index in [1.54, 1.807) is 0 Å². The van der Waals surface area contributed by atoms with E-state index in [0.717, 1.165) is 50.2 Å². The highest BCUT2D eigenvalue weighted by molar-refractivity contribution is 5.83. The maximum atomic E-state index is 12.6. The lowest BCUT2D eigenvalue weighted by molar-refractivity contribution is -0.123. The number of morpholine rings is 1. The SMILES string of the molecule is CC1CN(Cc2ccc(CNC(=O)C3CCCc4cn[nH]c43)cc2)CC(C)O1. The van der Waals surface area contributed by atoms with E-state index in [1.165, 1.54) is 11.1 Å². The molecule has 0 saturated carbocycles. The molecule has 3 atom stereocenters. The first-order chi connectivity index (χ1) is 13.6. The normalized spacial score (nSPS) is 25.3. The quantitative estimate of drug-likeness (QED) is 0.834. The molecule has 6 nitrogen and oxygen atoms in total. The molecule has 0 radical (unpaired) electrons. The molecule has 2 aromatic rings. The zero-order valence-electron chi connectivity index (χ0n) is 16.8. The first-order valence-corrected chi connectivity index (χ1v) is 10.3. The highest BCUT2D eigenvalue weighted by atomic mass is 16.5. The van der Waals surface area contributed by atoms with Crippen LogP contribution in [0, 0.1) is 0 Å². The van der Waals surface area contributed by atoms with E-state index < -0.39 is 0 Å². The van der Waals surface area contributed by atoms with Gasteiger partial charge in [-0.05, 0) is 49.8 Å². The van der Waals surface area contributed by atoms with Crippen molar-refractivity contribution < 1.29 is 9.53 Å². The van der Waals surface area contributed by atoms with Crippen molar-refractivity contribution in [2.75, 3.05) is 13.1 Å². The van der Waals surface area contributed by atoms with Crippen LogP contribution in [0.1, 0.15) is 55.0 Å². The Morgan fingerprint density at radius 2 is 1.93 bits per heavy atom. The Bertz CT molecular complexity index is 791. The number of aromatic amines is 1. The van der Waals surface area contributed by atoms with E-state index in [4.69, 9.17) is 4.74 Å². The van der Waals surface area contributed by atoms with Gasteiger partial charge in [-0.2, -0.15) is 5.10 Å². The van der Waals surface area contributed by atoms with Crippen LogP contribution in [0.15, 0.2) is 30.5 Å². The van der Waals surface area contributed by atoms with E-state index >= 15 is 0 Å². The largest absolute Gasteiger partial charge is 0.373 e. The molecule has 0 bridgehead atoms. The van der Waals surface area contributed by atoms with Gasteiger partial charge >= 0.3 is 0 Å². The van der Waals surface area contributed by atoms with Crippen LogP contribution in [0.2, 0.25) is 0 Å². The first kappa shape index (κ1) is 19.2. The number of H-pyrrole nitrogens is 1. The fourth-order valence-electron chi connectivity index (χ4n) is 4.47. The minimum absolute atomic E-state index is 0.0885. The molecule has 2 N–H and O–H groups in total. The van der Waals surface area contributed by atoms with Gasteiger partial charge in [0.25, 0.3) is 0 Å². The van der Waals surface area contributed by atoms with Gasteiger partial charge in [-0.25, -0.2) is 0 Å². The van der Waals surface area contributed by atoms with Crippen LogP contribution in [-0.2, 0) is 29.0 Å². The number of hydrogen-bond donors (Lipinski definition) is 2. The fourth-order valence-corrected chi connectivity index (χ4v) is 4.47. The predicted octanol–water partition coefficient (Wildman–Crippen LogP) is 2.76. The third-order valence-corrected chi connectivity index (χ3v) is 5.75. The first-order valence-electron chi connectivity index (χ1n) is 10.3. The lowest BCUT2D eigenvalue weighted by atomic mass is 9.87. The number of fused-ring (bicyclic) bond motifs is 1. The number of hydrogen-bond acceptors (Lipinski definition) is 4. The van der Waals surface area contributed by atoms with E-state index in [1.807, 2.05) is 6.20 Å². The van der Waals surface area contributed by atoms with Gasteiger partial charge in [-0.3, -0.25) is 14.8 Å². The van der Waals surface area contributed by atoms with E-state index in [-0.39, 0.29) is 24.0 Å². The molecule has 1 aromatic carbocycles. The van der Waals surface area contributed by atoms with E-state index in [9.17, 15) is 4.79 Å². The van der Waals surface area contributed by atoms with Crippen molar-refractivity contribution >= 4 is 5.91 Å². The third-order valence-electron chi connectivity index (χ3n) is 5.75. The van der Waals surface area contributed by atoms with Crippen LogP contribution < -0.4 is 5.32 Å². The molecule has 0 spiro atoms. The summed E-state index contributed by atoms with van der Waals surface area (Å²) in [5.41, 5.74) is 4.60. The molecule has 6 heteroatoms. The lowest BCUT2D eigenvalue weighted by Gasteiger charge is -2.35. The Morgan fingerprint density at radius 1 is 1.21 bits per heavy atom. The number of carbonyl (C=O) groups excluding carboxylic acids is 1. The highest BCUT2D eigenvalue weighted by Crippen LogP contribution is 2.29. The summed E-state index contributed by atoms with van der Waals surface area (Å²) >= 11 is 0. The van der Waals surface area contributed by atoms with Gasteiger partial charge in [0.2, 0.25) is 5.91 Å². The molecule has 3 unspecified atom stereocenters. The second kappa shape index (κ2) is 8.45. The van der Waals surface area contributed by atoms with Crippen LogP contribution in [0.4, 0.5) is 0 Å². The summed E-state index contributed by atoms with van der Waals surface area (Å²) in [6.07, 6.45) is 5.36. The second-order valence-electron chi connectivity index (χ2n) is 8.24. The van der Waals surface area contributed by atoms with Gasteiger partial charge in [0.1, 0.15) is 0 Å². The molecule has 1 aliphatic carbocycles. The average Bonchev–Trinajstić information content (AvgIpc) is 3.15. The molecule has 1 aromatic heterocycles. The molecule has 1 fully saturated rings. The number of nitrogens with one attached hydrogen (secondary N) is 2. The second-order valence-corrected chi connectivity index (χ2v) is 8.24. The van der Waals surface area contributed by atoms with Crippen molar-refractivity contribution in [3.8, 4) is 0 Å². The zero-order valence-corrected chi connectivity index (χ0v) is 16.8. The molecule has 150 valence electrons. The lowest BCUT2D eigenvalue weighted by Crippen LogP contribution is -2.44. The van der Waals surface area contributed by atoms with Gasteiger partial charge in [-0.1, -0.05) is 24.3 Å². The van der Waals surface area contributed by atoms with Crippen molar-refractivity contribution in [1.29, 1.82) is 0 Å². The molecule has 28 heavy (non-hydrogen) atoms. The fraction of sp³-hybridized carbons (Fsp3) is 0.545. The molecular weight excluding hydrogens is 352 g/mol. The summed E-state index contributed by atoms with van der Waals surface area (Å²) in [4.78, 5) is 15.1. The topological polar surface area (TPSA) is 70.2 Å². The summed E-state index contributed by atoms with van der Waals surface area (Å²) in [6.45, 7) is 7.71. The number of rotatable bonds is 5. The van der Waals surface area contributed by atoms with Gasteiger partial charge < -0.3 is 10.1 Å². The molecular formula is C22H30N4O2. The summed E-state index contributed by atoms with van der Waals surface area (Å²) in [6, 6.07) is 8.57. The molecule has 1 aliphatic heterocycles. The minimum Gasteiger partial charge on any atom is -0.373 e. The Balaban J connectivity index is 1.30. The maximum Gasteiger partial charge on any atom is 0.229 e. The monoisotopic (exact) mass is 382 g/mol. The van der Waals surface area contributed by atoms with E-state index in [0.29, 0.717) is 6.54 Å². The smallest absolute Gasteiger partial charge is 0.229 e. The molecule has 1 saturated heterocycles. The Hall–Kier alpha value is -2.18. The van der Waals surface area contributed by atoms with Crippen molar-refractivity contribution in [2.24, 2.45) is 0 Å². The predicted molar refractivity (Wildman–Crippen MR) is 108 cm³/mol. The summed E-state index contributed by atoms with van der Waals surface area (Å²) < 4.78 is 5.81. The summed E-state index contributed by atoms with van der Waals surface area (Å²) in [5, 5.41) is 10.2. The van der Waals surface area contributed by atoms with Crippen molar-refractivity contribution in [3.63, 3.8) is 0 Å². The Kier molecular flexibility index (Phi) is 5.78. The van der Waals surface area contributed by atoms with Crippen molar-refractivity contribution in [2.45, 2.75) is 64.3 Å². The number of amides is 1. The number of nitrogens with zero attached hydrogens (tertiary/aromatic N) is 2. The van der Waals surface area contributed by atoms with Gasteiger partial charge in [-0.15, -0.1) is 0 Å². The number of aryl methyl sites for hydroxylation is 1. The Morgan fingerprint density at radius 3 is 2.68 bits per heavy atom. The van der Waals surface area contributed by atoms with Crippen molar-refractivity contribution in [1.82, 2.24) is 20.4 Å². The standard InChI is InChI=1S/C22H30N4O2/c1-15-12-26(13-16(2)28-15)14-18-8-6-17(7-9-18)10-23-22(27)20-5-3-4-19-11-24-25-21(19)20/h6-9,11,15-16,20H,3-5,10,12-14H2,1-2H3,(H,23,27)(H,24,25). The Labute approximate surface area is 166 Å². The van der Waals surface area contributed by atoms with Crippen LogP contribution in [-0.4, -0.2) is 46.3 Å². The van der Waals surface area contributed by atoms with Crippen LogP contribution in [0.25, 0.3) is 0 Å². The molecule has 2 aliphatic rings. The zero-order chi connectivity index (χ0) is 19.5. The molecule has 4 rings (SSSR count). The number of aromatic nitrogens is 2. The third kappa shape index (κ3) is 4.45. The van der Waals surface area contributed by atoms with Crippen LogP contribution >= 0.6 is 0 Å². The van der Waals surface area contributed by atoms with Gasteiger partial charge in [0.15, 0.2) is 0 Å².